The fourth-order valence-electron chi connectivity index (χ4n) is 3.93. The van der Waals surface area contributed by atoms with Crippen molar-refractivity contribution in [3.63, 3.8) is 0 Å². The molecule has 2 heterocycles. The van der Waals surface area contributed by atoms with E-state index in [0.717, 1.165) is 19.3 Å². The van der Waals surface area contributed by atoms with Gasteiger partial charge in [-0.15, -0.1) is 0 Å². The number of piperidine rings is 1. The van der Waals surface area contributed by atoms with Gasteiger partial charge in [-0.2, -0.15) is 4.31 Å². The highest BCUT2D eigenvalue weighted by atomic mass is 32.2. The third-order valence-electron chi connectivity index (χ3n) is 5.61. The Balaban J connectivity index is 1.63. The van der Waals surface area contributed by atoms with Crippen molar-refractivity contribution in [3.05, 3.63) is 65.0 Å². The van der Waals surface area contributed by atoms with Gasteiger partial charge in [0.15, 0.2) is 0 Å². The molecule has 1 fully saturated rings. The zero-order chi connectivity index (χ0) is 22.9. The summed E-state index contributed by atoms with van der Waals surface area (Å²) in [6, 6.07) is 9.63. The molecule has 1 aliphatic rings. The molecule has 1 N–H and O–H groups in total. The van der Waals surface area contributed by atoms with E-state index in [9.17, 15) is 22.4 Å². The first-order valence-electron chi connectivity index (χ1n) is 10.3. The molecule has 2 aromatic carbocycles. The van der Waals surface area contributed by atoms with Crippen LogP contribution in [0.1, 0.15) is 26.2 Å². The third-order valence-corrected chi connectivity index (χ3v) is 7.62. The summed E-state index contributed by atoms with van der Waals surface area (Å²) in [5.41, 5.74) is 0.151. The van der Waals surface area contributed by atoms with Crippen LogP contribution in [0.3, 0.4) is 0 Å². The van der Waals surface area contributed by atoms with E-state index in [4.69, 9.17) is 0 Å². The van der Waals surface area contributed by atoms with Gasteiger partial charge in [0, 0.05) is 29.9 Å². The molecule has 8 nitrogen and oxygen atoms in total. The zero-order valence-corrected chi connectivity index (χ0v) is 18.3. The van der Waals surface area contributed by atoms with E-state index in [-0.39, 0.29) is 17.5 Å². The fourth-order valence-corrected chi connectivity index (χ4v) is 5.67. The maximum Gasteiger partial charge on any atom is 0.348 e. The maximum atomic E-state index is 13.1. The number of anilines is 1. The minimum Gasteiger partial charge on any atom is -0.325 e. The molecule has 32 heavy (non-hydrogen) atoms. The Morgan fingerprint density at radius 3 is 2.66 bits per heavy atom. The molecular formula is C22H23FN4O4S. The van der Waals surface area contributed by atoms with Crippen LogP contribution in [0.2, 0.25) is 0 Å². The van der Waals surface area contributed by atoms with Gasteiger partial charge in [0.25, 0.3) is 0 Å². The monoisotopic (exact) mass is 458 g/mol. The SMILES string of the molecule is C[C@@H]1CCCCN1S(=O)(=O)c1ccc2c(cnc(=O)n2CC(=O)Nc2ccc(F)cc2)c1. The summed E-state index contributed by atoms with van der Waals surface area (Å²) in [5.74, 6) is -0.922. The highest BCUT2D eigenvalue weighted by molar-refractivity contribution is 7.89. The van der Waals surface area contributed by atoms with Gasteiger partial charge < -0.3 is 5.32 Å². The van der Waals surface area contributed by atoms with Gasteiger partial charge in [0.05, 0.1) is 10.4 Å². The summed E-state index contributed by atoms with van der Waals surface area (Å²) >= 11 is 0. The average molecular weight is 459 g/mol. The van der Waals surface area contributed by atoms with Crippen molar-refractivity contribution in [2.24, 2.45) is 0 Å². The van der Waals surface area contributed by atoms with E-state index in [1.807, 2.05) is 6.92 Å². The summed E-state index contributed by atoms with van der Waals surface area (Å²) in [6.07, 6.45) is 3.95. The molecule has 1 amide bonds. The number of carbonyl (C=O) groups excluding carboxylic acids is 1. The Morgan fingerprint density at radius 2 is 1.94 bits per heavy atom. The van der Waals surface area contributed by atoms with Gasteiger partial charge in [-0.25, -0.2) is 22.6 Å². The number of hydrogen-bond donors (Lipinski definition) is 1. The first kappa shape index (κ1) is 22.1. The number of rotatable bonds is 5. The lowest BCUT2D eigenvalue weighted by atomic mass is 10.1. The summed E-state index contributed by atoms with van der Waals surface area (Å²) in [4.78, 5) is 28.7. The second-order valence-corrected chi connectivity index (χ2v) is 9.75. The Labute approximate surface area is 184 Å². The van der Waals surface area contributed by atoms with E-state index in [1.165, 1.54) is 57.5 Å². The number of carbonyl (C=O) groups is 1. The molecule has 0 radical (unpaired) electrons. The average Bonchev–Trinajstić information content (AvgIpc) is 2.77. The van der Waals surface area contributed by atoms with Gasteiger partial charge >= 0.3 is 5.69 Å². The summed E-state index contributed by atoms with van der Waals surface area (Å²) in [7, 11) is -3.68. The lowest BCUT2D eigenvalue weighted by Gasteiger charge is -2.32. The first-order valence-corrected chi connectivity index (χ1v) is 11.8. The van der Waals surface area contributed by atoms with E-state index in [0.29, 0.717) is 23.1 Å². The van der Waals surface area contributed by atoms with Crippen LogP contribution >= 0.6 is 0 Å². The van der Waals surface area contributed by atoms with E-state index >= 15 is 0 Å². The van der Waals surface area contributed by atoms with E-state index in [2.05, 4.69) is 10.3 Å². The number of benzene rings is 2. The molecule has 0 saturated carbocycles. The Hall–Kier alpha value is -3.11. The molecule has 1 saturated heterocycles. The van der Waals surface area contributed by atoms with Crippen LogP contribution in [0, 0.1) is 5.82 Å². The van der Waals surface area contributed by atoms with Gasteiger partial charge in [-0.3, -0.25) is 9.36 Å². The van der Waals surface area contributed by atoms with Crippen LogP contribution in [-0.4, -0.2) is 40.8 Å². The van der Waals surface area contributed by atoms with Crippen molar-refractivity contribution in [2.75, 3.05) is 11.9 Å². The number of fused-ring (bicyclic) bond motifs is 1. The van der Waals surface area contributed by atoms with Crippen molar-refractivity contribution in [1.29, 1.82) is 0 Å². The van der Waals surface area contributed by atoms with Crippen molar-refractivity contribution >= 4 is 32.5 Å². The molecule has 10 heteroatoms. The summed E-state index contributed by atoms with van der Waals surface area (Å²) in [6.45, 7) is 2.05. The smallest absolute Gasteiger partial charge is 0.325 e. The molecule has 1 aliphatic heterocycles. The number of nitrogens with zero attached hydrogens (tertiary/aromatic N) is 3. The molecule has 0 aliphatic carbocycles. The zero-order valence-electron chi connectivity index (χ0n) is 17.5. The number of nitrogens with one attached hydrogen (secondary N) is 1. The fraction of sp³-hybridized carbons (Fsp3) is 0.318. The highest BCUT2D eigenvalue weighted by Crippen LogP contribution is 2.27. The Bertz CT molecular complexity index is 1320. The first-order chi connectivity index (χ1) is 15.3. The molecule has 3 aromatic rings. The number of hydrogen-bond acceptors (Lipinski definition) is 5. The molecule has 168 valence electrons. The quantitative estimate of drug-likeness (QED) is 0.634. The maximum absolute atomic E-state index is 13.1. The Kier molecular flexibility index (Phi) is 6.07. The molecule has 0 spiro atoms. The minimum absolute atomic E-state index is 0.0771. The minimum atomic E-state index is -3.68. The Morgan fingerprint density at radius 1 is 1.19 bits per heavy atom. The van der Waals surface area contributed by atoms with E-state index in [1.54, 1.807) is 0 Å². The van der Waals surface area contributed by atoms with Crippen molar-refractivity contribution in [3.8, 4) is 0 Å². The van der Waals surface area contributed by atoms with Crippen LogP contribution in [0.5, 0.6) is 0 Å². The number of sulfonamides is 1. The summed E-state index contributed by atoms with van der Waals surface area (Å²) in [5, 5.41) is 3.03. The van der Waals surface area contributed by atoms with Gasteiger partial charge in [0.1, 0.15) is 12.4 Å². The molecule has 4 rings (SSSR count). The lowest BCUT2D eigenvalue weighted by molar-refractivity contribution is -0.116. The second kappa shape index (κ2) is 8.79. The van der Waals surface area contributed by atoms with Crippen LogP contribution in [0.15, 0.2) is 58.4 Å². The topological polar surface area (TPSA) is 101 Å². The highest BCUT2D eigenvalue weighted by Gasteiger charge is 2.31. The van der Waals surface area contributed by atoms with Crippen LogP contribution in [0.25, 0.3) is 10.9 Å². The standard InChI is InChI=1S/C22H23FN4O4S/c1-15-4-2-3-11-27(15)32(30,31)19-9-10-20-16(12-19)13-24-22(29)26(20)14-21(28)25-18-7-5-17(23)6-8-18/h5-10,12-13,15H,2-4,11,14H2,1H3,(H,25,28)/t15-/m1/s1. The molecular weight excluding hydrogens is 435 g/mol. The molecule has 0 unspecified atom stereocenters. The summed E-state index contributed by atoms with van der Waals surface area (Å²) < 4.78 is 42.0. The van der Waals surface area contributed by atoms with Gasteiger partial charge in [-0.05, 0) is 62.2 Å². The predicted octanol–water partition coefficient (Wildman–Crippen LogP) is 2.74. The lowest BCUT2D eigenvalue weighted by Crippen LogP contribution is -2.41. The van der Waals surface area contributed by atoms with E-state index < -0.39 is 27.4 Å². The van der Waals surface area contributed by atoms with Crippen molar-refractivity contribution in [1.82, 2.24) is 13.9 Å². The normalized spacial score (nSPS) is 17.4. The number of aromatic nitrogens is 2. The van der Waals surface area contributed by atoms with Crippen molar-refractivity contribution < 1.29 is 17.6 Å². The molecule has 1 aromatic heterocycles. The van der Waals surface area contributed by atoms with Crippen molar-refractivity contribution in [2.45, 2.75) is 43.7 Å². The third kappa shape index (κ3) is 4.42. The molecule has 1 atom stereocenters. The van der Waals surface area contributed by atoms with Gasteiger partial charge in [0.2, 0.25) is 15.9 Å². The van der Waals surface area contributed by atoms with Crippen LogP contribution < -0.4 is 11.0 Å². The predicted molar refractivity (Wildman–Crippen MR) is 118 cm³/mol. The number of halogens is 1. The molecule has 0 bridgehead atoms. The van der Waals surface area contributed by atoms with Crippen LogP contribution in [-0.2, 0) is 21.4 Å². The second-order valence-electron chi connectivity index (χ2n) is 7.86. The largest absolute Gasteiger partial charge is 0.348 e. The number of amides is 1. The van der Waals surface area contributed by atoms with Gasteiger partial charge in [-0.1, -0.05) is 6.42 Å². The van der Waals surface area contributed by atoms with Crippen LogP contribution in [0.4, 0.5) is 10.1 Å².